The van der Waals surface area contributed by atoms with E-state index in [1.54, 1.807) is 0 Å². The van der Waals surface area contributed by atoms with Crippen LogP contribution in [-0.4, -0.2) is 61.1 Å². The van der Waals surface area contributed by atoms with Crippen molar-refractivity contribution in [1.82, 2.24) is 15.1 Å². The summed E-state index contributed by atoms with van der Waals surface area (Å²) >= 11 is 6.51. The van der Waals surface area contributed by atoms with Crippen LogP contribution in [0.3, 0.4) is 0 Å². The van der Waals surface area contributed by atoms with Gasteiger partial charge in [0.05, 0.1) is 24.3 Å². The highest BCUT2D eigenvalue weighted by molar-refractivity contribution is 6.32. The lowest BCUT2D eigenvalue weighted by Crippen LogP contribution is -2.57. The quantitative estimate of drug-likeness (QED) is 0.662. The number of fused-ring (bicyclic) bond motifs is 1. The van der Waals surface area contributed by atoms with E-state index in [0.29, 0.717) is 55.3 Å². The lowest BCUT2D eigenvalue weighted by atomic mass is 10.1. The van der Waals surface area contributed by atoms with E-state index in [-0.39, 0.29) is 11.9 Å². The fourth-order valence-electron chi connectivity index (χ4n) is 4.45. The van der Waals surface area contributed by atoms with E-state index < -0.39 is 0 Å². The lowest BCUT2D eigenvalue weighted by molar-refractivity contribution is -0.135. The molecule has 0 radical (unpaired) electrons. The molecule has 1 unspecified atom stereocenters. The summed E-state index contributed by atoms with van der Waals surface area (Å²) in [5.41, 5.74) is 2.22. The molecule has 0 saturated carbocycles. The van der Waals surface area contributed by atoms with Crippen molar-refractivity contribution in [3.63, 3.8) is 0 Å². The third-order valence-corrected chi connectivity index (χ3v) is 6.22. The van der Waals surface area contributed by atoms with E-state index in [1.165, 1.54) is 5.56 Å². The second-order valence-corrected chi connectivity index (χ2v) is 9.70. The molecule has 178 valence electrons. The van der Waals surface area contributed by atoms with Gasteiger partial charge in [0, 0.05) is 45.7 Å². The smallest absolute Gasteiger partial charge is 0.241 e. The molecule has 2 aliphatic heterocycles. The Morgan fingerprint density at radius 1 is 1.18 bits per heavy atom. The van der Waals surface area contributed by atoms with E-state index in [0.717, 1.165) is 31.6 Å². The number of carbonyl (C=O) groups excluding carboxylic acids is 1. The van der Waals surface area contributed by atoms with Gasteiger partial charge in [-0.05, 0) is 29.2 Å². The van der Waals surface area contributed by atoms with E-state index in [2.05, 4.69) is 48.3 Å². The van der Waals surface area contributed by atoms with Crippen LogP contribution in [-0.2, 0) is 17.9 Å². The van der Waals surface area contributed by atoms with Crippen molar-refractivity contribution in [2.45, 2.75) is 39.4 Å². The van der Waals surface area contributed by atoms with Crippen LogP contribution in [0.4, 0.5) is 0 Å². The molecule has 2 heterocycles. The van der Waals surface area contributed by atoms with Gasteiger partial charge in [-0.2, -0.15) is 0 Å². The lowest BCUT2D eigenvalue weighted by Gasteiger charge is -2.36. The molecule has 33 heavy (non-hydrogen) atoms. The first-order valence-corrected chi connectivity index (χ1v) is 12.2. The summed E-state index contributed by atoms with van der Waals surface area (Å²) in [6.07, 6.45) is 0.825. The number of hydrogen-bond acceptors (Lipinski definition) is 5. The molecule has 2 aromatic rings. The monoisotopic (exact) mass is 471 g/mol. The zero-order valence-electron chi connectivity index (χ0n) is 19.6. The Bertz CT molecular complexity index is 938. The molecule has 2 aromatic carbocycles. The first-order chi connectivity index (χ1) is 16.0. The number of nitrogens with one attached hydrogen (secondary N) is 1. The molecule has 7 heteroatoms. The van der Waals surface area contributed by atoms with Crippen LogP contribution < -0.4 is 14.8 Å². The maximum atomic E-state index is 13.6. The summed E-state index contributed by atoms with van der Waals surface area (Å²) in [6, 6.07) is 14.1. The molecule has 0 spiro atoms. The van der Waals surface area contributed by atoms with Crippen LogP contribution in [0.5, 0.6) is 11.5 Å². The normalized spacial score (nSPS) is 18.7. The molecular formula is C26H34ClN3O3. The van der Waals surface area contributed by atoms with Gasteiger partial charge in [-0.15, -0.1) is 0 Å². The third-order valence-electron chi connectivity index (χ3n) is 5.94. The van der Waals surface area contributed by atoms with Gasteiger partial charge < -0.3 is 19.7 Å². The highest BCUT2D eigenvalue weighted by Crippen LogP contribution is 2.38. The van der Waals surface area contributed by atoms with Crippen molar-refractivity contribution < 1.29 is 14.3 Å². The van der Waals surface area contributed by atoms with Crippen molar-refractivity contribution in [3.05, 3.63) is 58.6 Å². The van der Waals surface area contributed by atoms with E-state index in [9.17, 15) is 4.79 Å². The molecule has 1 saturated heterocycles. The van der Waals surface area contributed by atoms with Crippen molar-refractivity contribution in [1.29, 1.82) is 0 Å². The standard InChI is InChI=1S/C26H34ClN3O3/c1-19(2)15-30(17-21-13-22(27)25-24(14-21)32-11-6-12-33-25)26(31)23-18-29(10-9-28-23)16-20-7-4-3-5-8-20/h3-5,7-8,13-14,19,23,28H,6,9-12,15-18H2,1-2H3. The van der Waals surface area contributed by atoms with Crippen LogP contribution in [0.1, 0.15) is 31.4 Å². The Kier molecular flexibility index (Phi) is 8.12. The minimum Gasteiger partial charge on any atom is -0.489 e. The van der Waals surface area contributed by atoms with Gasteiger partial charge in [-0.3, -0.25) is 9.69 Å². The summed E-state index contributed by atoms with van der Waals surface area (Å²) in [4.78, 5) is 17.9. The number of halogens is 1. The second-order valence-electron chi connectivity index (χ2n) is 9.30. The fraction of sp³-hybridized carbons (Fsp3) is 0.500. The van der Waals surface area contributed by atoms with Crippen molar-refractivity contribution >= 4 is 17.5 Å². The average molecular weight is 472 g/mol. The number of piperazine rings is 1. The molecule has 6 nitrogen and oxygen atoms in total. The molecule has 2 aliphatic rings. The van der Waals surface area contributed by atoms with Crippen LogP contribution in [0, 0.1) is 5.92 Å². The SMILES string of the molecule is CC(C)CN(Cc1cc(Cl)c2c(c1)OCCCO2)C(=O)C1CN(Cc2ccccc2)CCN1. The number of carbonyl (C=O) groups is 1. The van der Waals surface area contributed by atoms with Gasteiger partial charge in [0.25, 0.3) is 0 Å². The molecule has 0 aliphatic carbocycles. The summed E-state index contributed by atoms with van der Waals surface area (Å²) in [5.74, 6) is 1.75. The maximum absolute atomic E-state index is 13.6. The summed E-state index contributed by atoms with van der Waals surface area (Å²) in [5, 5.41) is 3.97. The minimum absolute atomic E-state index is 0.129. The molecule has 1 fully saturated rings. The van der Waals surface area contributed by atoms with Gasteiger partial charge in [-0.1, -0.05) is 55.8 Å². The molecule has 1 amide bonds. The van der Waals surface area contributed by atoms with Crippen LogP contribution >= 0.6 is 11.6 Å². The summed E-state index contributed by atoms with van der Waals surface area (Å²) < 4.78 is 11.6. The van der Waals surface area contributed by atoms with Gasteiger partial charge in [0.1, 0.15) is 0 Å². The number of nitrogens with zero attached hydrogens (tertiary/aromatic N) is 2. The molecule has 0 bridgehead atoms. The molecule has 4 rings (SSSR count). The maximum Gasteiger partial charge on any atom is 0.241 e. The molecule has 0 aromatic heterocycles. The van der Waals surface area contributed by atoms with E-state index in [1.807, 2.05) is 23.1 Å². The van der Waals surface area contributed by atoms with E-state index in [4.69, 9.17) is 21.1 Å². The van der Waals surface area contributed by atoms with Crippen LogP contribution in [0.25, 0.3) is 0 Å². The Morgan fingerprint density at radius 3 is 2.76 bits per heavy atom. The zero-order chi connectivity index (χ0) is 23.2. The zero-order valence-corrected chi connectivity index (χ0v) is 20.3. The minimum atomic E-state index is -0.225. The Morgan fingerprint density at radius 2 is 1.97 bits per heavy atom. The van der Waals surface area contributed by atoms with Gasteiger partial charge in [0.15, 0.2) is 11.5 Å². The molecular weight excluding hydrogens is 438 g/mol. The summed E-state index contributed by atoms with van der Waals surface area (Å²) in [6.45, 7) is 9.93. The highest BCUT2D eigenvalue weighted by atomic mass is 35.5. The molecule has 1 N–H and O–H groups in total. The number of ether oxygens (including phenoxy) is 2. The highest BCUT2D eigenvalue weighted by Gasteiger charge is 2.30. The Labute approximate surface area is 201 Å². The first kappa shape index (κ1) is 23.9. The van der Waals surface area contributed by atoms with Crippen molar-refractivity contribution in [2.24, 2.45) is 5.92 Å². The van der Waals surface area contributed by atoms with Crippen LogP contribution in [0.15, 0.2) is 42.5 Å². The van der Waals surface area contributed by atoms with Crippen molar-refractivity contribution in [3.8, 4) is 11.5 Å². The topological polar surface area (TPSA) is 54.0 Å². The predicted octanol–water partition coefficient (Wildman–Crippen LogP) is 3.96. The number of hydrogen-bond donors (Lipinski definition) is 1. The molecule has 1 atom stereocenters. The van der Waals surface area contributed by atoms with Crippen LogP contribution in [0.2, 0.25) is 5.02 Å². The second kappa shape index (κ2) is 11.2. The third kappa shape index (κ3) is 6.40. The number of amides is 1. The number of benzene rings is 2. The summed E-state index contributed by atoms with van der Waals surface area (Å²) in [7, 11) is 0. The Balaban J connectivity index is 1.47. The largest absolute Gasteiger partial charge is 0.489 e. The fourth-order valence-corrected chi connectivity index (χ4v) is 4.74. The van der Waals surface area contributed by atoms with Crippen molar-refractivity contribution in [2.75, 3.05) is 39.4 Å². The van der Waals surface area contributed by atoms with E-state index >= 15 is 0 Å². The van der Waals surface area contributed by atoms with Gasteiger partial charge in [-0.25, -0.2) is 0 Å². The average Bonchev–Trinajstić information content (AvgIpc) is 3.05. The predicted molar refractivity (Wildman–Crippen MR) is 131 cm³/mol. The Hall–Kier alpha value is -2.28. The van der Waals surface area contributed by atoms with Gasteiger partial charge in [0.2, 0.25) is 5.91 Å². The number of rotatable bonds is 7. The van der Waals surface area contributed by atoms with Gasteiger partial charge >= 0.3 is 0 Å². The first-order valence-electron chi connectivity index (χ1n) is 11.9.